The van der Waals surface area contributed by atoms with E-state index >= 15 is 0 Å². The zero-order chi connectivity index (χ0) is 18.8. The maximum absolute atomic E-state index is 12.2. The number of rotatable bonds is 6. The van der Waals surface area contributed by atoms with Crippen LogP contribution in [0.25, 0.3) is 0 Å². The van der Waals surface area contributed by atoms with Crippen LogP contribution in [0.1, 0.15) is 43.4 Å². The van der Waals surface area contributed by atoms with Crippen LogP contribution in [0.5, 0.6) is 0 Å². The molecule has 11 nitrogen and oxygen atoms in total. The number of hydrogen-bond donors (Lipinski definition) is 5. The third-order valence-electron chi connectivity index (χ3n) is 4.15. The molecule has 0 aromatic carbocycles. The number of carbonyl (C=O) groups is 2. The highest BCUT2D eigenvalue weighted by Gasteiger charge is 2.34. The van der Waals surface area contributed by atoms with Crippen molar-refractivity contribution in [2.45, 2.75) is 45.3 Å². The number of imidazole rings is 1. The lowest BCUT2D eigenvalue weighted by Crippen LogP contribution is -2.56. The van der Waals surface area contributed by atoms with Crippen molar-refractivity contribution in [3.63, 3.8) is 0 Å². The van der Waals surface area contributed by atoms with Crippen LogP contribution >= 0.6 is 8.60 Å². The number of anilines is 1. The number of nitrogens with zero attached hydrogens (tertiary/aromatic N) is 2. The smallest absolute Gasteiger partial charge is 0.327 e. The molecule has 0 radical (unpaired) electrons. The highest BCUT2D eigenvalue weighted by Crippen LogP contribution is 2.34. The molecule has 26 heavy (non-hydrogen) atoms. The monoisotopic (exact) mass is 387 g/mol. The Balaban J connectivity index is 1.69. The summed E-state index contributed by atoms with van der Waals surface area (Å²) in [6.45, 7) is 3.59. The summed E-state index contributed by atoms with van der Waals surface area (Å²) in [5, 5.41) is 8.39. The van der Waals surface area contributed by atoms with Gasteiger partial charge in [-0.05, 0) is 12.8 Å². The maximum Gasteiger partial charge on any atom is 0.327 e. The number of carbonyl (C=O) groups excluding carboxylic acids is 2. The molecule has 3 atom stereocenters. The third kappa shape index (κ3) is 4.13. The van der Waals surface area contributed by atoms with Crippen molar-refractivity contribution in [1.82, 2.24) is 20.2 Å². The van der Waals surface area contributed by atoms with Crippen molar-refractivity contribution >= 4 is 26.2 Å². The van der Waals surface area contributed by atoms with Gasteiger partial charge in [0.05, 0.1) is 19.0 Å². The van der Waals surface area contributed by atoms with Crippen LogP contribution in [0.4, 0.5) is 5.82 Å². The molecule has 3 rings (SSSR count). The minimum atomic E-state index is -2.41. The van der Waals surface area contributed by atoms with Crippen molar-refractivity contribution in [2.75, 3.05) is 11.9 Å². The van der Waals surface area contributed by atoms with E-state index in [2.05, 4.69) is 20.9 Å². The Bertz CT molecular complexity index is 681. The first kappa shape index (κ1) is 19.0. The Morgan fingerprint density at radius 1 is 1.50 bits per heavy atom. The number of hydrogen-bond acceptors (Lipinski definition) is 8. The summed E-state index contributed by atoms with van der Waals surface area (Å²) in [4.78, 5) is 45.9. The average molecular weight is 387 g/mol. The lowest BCUT2D eigenvalue weighted by Gasteiger charge is -2.28. The van der Waals surface area contributed by atoms with Gasteiger partial charge in [-0.25, -0.2) is 4.98 Å². The Morgan fingerprint density at radius 3 is 2.96 bits per heavy atom. The first-order chi connectivity index (χ1) is 12.3. The second kappa shape index (κ2) is 7.85. The summed E-state index contributed by atoms with van der Waals surface area (Å²) in [5.74, 6) is -0.352. The number of amides is 2. The highest BCUT2D eigenvalue weighted by molar-refractivity contribution is 7.39. The van der Waals surface area contributed by atoms with Crippen molar-refractivity contribution in [3.8, 4) is 0 Å². The van der Waals surface area contributed by atoms with Gasteiger partial charge in [-0.1, -0.05) is 13.8 Å². The molecule has 3 unspecified atom stereocenters. The van der Waals surface area contributed by atoms with Gasteiger partial charge in [0.1, 0.15) is 12.0 Å². The predicted molar refractivity (Wildman–Crippen MR) is 90.5 cm³/mol. The molecule has 1 aromatic heterocycles. The fourth-order valence-electron chi connectivity index (χ4n) is 2.81. The van der Waals surface area contributed by atoms with Crippen molar-refractivity contribution in [3.05, 3.63) is 12.0 Å². The second-order valence-electron chi connectivity index (χ2n) is 6.40. The third-order valence-corrected chi connectivity index (χ3v) is 4.53. The van der Waals surface area contributed by atoms with Crippen LogP contribution in [-0.4, -0.2) is 50.2 Å². The first-order valence-corrected chi connectivity index (χ1v) is 9.42. The van der Waals surface area contributed by atoms with Crippen LogP contribution in [0, 0.1) is 5.92 Å². The van der Waals surface area contributed by atoms with Crippen molar-refractivity contribution in [1.29, 1.82) is 0 Å². The molecule has 0 bridgehead atoms. The average Bonchev–Trinajstić information content (AvgIpc) is 3.19. The number of fused-ring (bicyclic) bond motifs is 1. The molecule has 0 spiro atoms. The zero-order valence-electron chi connectivity index (χ0n) is 14.4. The van der Waals surface area contributed by atoms with Gasteiger partial charge in [0.25, 0.3) is 5.91 Å². The minimum absolute atomic E-state index is 0.0765. The van der Waals surface area contributed by atoms with E-state index in [4.69, 9.17) is 19.0 Å². The van der Waals surface area contributed by atoms with Crippen molar-refractivity contribution < 1.29 is 28.6 Å². The van der Waals surface area contributed by atoms with Crippen LogP contribution in [0.15, 0.2) is 6.33 Å². The Labute approximate surface area is 151 Å². The van der Waals surface area contributed by atoms with Gasteiger partial charge in [-0.15, -0.1) is 0 Å². The Morgan fingerprint density at radius 2 is 2.27 bits per heavy atom. The summed E-state index contributed by atoms with van der Waals surface area (Å²) < 4.78 is 12.3. The van der Waals surface area contributed by atoms with Crippen LogP contribution < -0.4 is 16.0 Å². The SMILES string of the molecule is CC(C)C(=O)NC1NC(=O)c2ncn(C3CCC(COP(O)O)O3)c2N1. The standard InChI is InChI=1S/C14H22N5O6P/c1-7(2)12(20)17-14-16-11-10(13(21)18-14)15-6-19(11)9-4-3-8(25-9)5-24-26(22)23/h6-9,14,16,22-23H,3-5H2,1-2H3,(H,17,20)(H,18,21). The molecule has 0 aliphatic carbocycles. The van der Waals surface area contributed by atoms with E-state index in [1.165, 1.54) is 6.33 Å². The molecule has 144 valence electrons. The van der Waals surface area contributed by atoms with Gasteiger partial charge in [-0.2, -0.15) is 0 Å². The first-order valence-electron chi connectivity index (χ1n) is 8.26. The maximum atomic E-state index is 12.2. The van der Waals surface area contributed by atoms with E-state index in [-0.39, 0.29) is 36.5 Å². The lowest BCUT2D eigenvalue weighted by molar-refractivity contribution is -0.124. The zero-order valence-corrected chi connectivity index (χ0v) is 15.3. The van der Waals surface area contributed by atoms with Gasteiger partial charge in [0, 0.05) is 5.92 Å². The molecule has 1 saturated heterocycles. The number of aromatic nitrogens is 2. The van der Waals surface area contributed by atoms with E-state index in [0.717, 1.165) is 0 Å². The molecule has 2 aliphatic rings. The summed E-state index contributed by atoms with van der Waals surface area (Å²) in [6.07, 6.45) is 1.43. The largest absolute Gasteiger partial charge is 0.352 e. The second-order valence-corrected chi connectivity index (χ2v) is 7.17. The molecule has 1 aromatic rings. The van der Waals surface area contributed by atoms with Crippen molar-refractivity contribution in [2.24, 2.45) is 5.92 Å². The van der Waals surface area contributed by atoms with E-state index in [9.17, 15) is 9.59 Å². The van der Waals surface area contributed by atoms with Crippen LogP contribution in [-0.2, 0) is 14.1 Å². The summed E-state index contributed by atoms with van der Waals surface area (Å²) in [7, 11) is -2.41. The highest BCUT2D eigenvalue weighted by atomic mass is 31.2. The number of ether oxygens (including phenoxy) is 1. The van der Waals surface area contributed by atoms with E-state index in [1.807, 2.05) is 0 Å². The predicted octanol–water partition coefficient (Wildman–Crippen LogP) is -0.000100. The van der Waals surface area contributed by atoms with Crippen LogP contribution in [0.2, 0.25) is 0 Å². The molecular weight excluding hydrogens is 365 g/mol. The molecular formula is C14H22N5O6P. The molecule has 2 amide bonds. The lowest BCUT2D eigenvalue weighted by atomic mass is 10.2. The fourth-order valence-corrected chi connectivity index (χ4v) is 3.11. The quantitative estimate of drug-likeness (QED) is 0.429. The van der Waals surface area contributed by atoms with Gasteiger partial charge in [0.2, 0.25) is 5.91 Å². The summed E-state index contributed by atoms with van der Waals surface area (Å²) in [6, 6.07) is 0. The molecule has 1 fully saturated rings. The van der Waals surface area contributed by atoms with Gasteiger partial charge >= 0.3 is 8.60 Å². The van der Waals surface area contributed by atoms with E-state index in [1.54, 1.807) is 18.4 Å². The Kier molecular flexibility index (Phi) is 5.73. The van der Waals surface area contributed by atoms with Crippen LogP contribution in [0.3, 0.4) is 0 Å². The topological polar surface area (TPSA) is 147 Å². The Hall–Kier alpha value is -1.78. The summed E-state index contributed by atoms with van der Waals surface area (Å²) in [5.41, 5.74) is 0.220. The molecule has 3 heterocycles. The van der Waals surface area contributed by atoms with Gasteiger partial charge < -0.3 is 35.0 Å². The molecule has 5 N–H and O–H groups in total. The van der Waals surface area contributed by atoms with E-state index in [0.29, 0.717) is 18.7 Å². The summed E-state index contributed by atoms with van der Waals surface area (Å²) >= 11 is 0. The molecule has 0 saturated carbocycles. The van der Waals surface area contributed by atoms with Gasteiger partial charge in [0.15, 0.2) is 12.0 Å². The normalized spacial score (nSPS) is 25.2. The minimum Gasteiger partial charge on any atom is -0.352 e. The molecule has 2 aliphatic heterocycles. The molecule has 12 heteroatoms. The van der Waals surface area contributed by atoms with Gasteiger partial charge in [-0.3, -0.25) is 14.2 Å². The number of nitrogens with one attached hydrogen (secondary N) is 3. The van der Waals surface area contributed by atoms with E-state index < -0.39 is 20.8 Å². The fraction of sp³-hybridized carbons (Fsp3) is 0.643.